The van der Waals surface area contributed by atoms with Gasteiger partial charge in [0, 0.05) is 11.9 Å². The summed E-state index contributed by atoms with van der Waals surface area (Å²) in [6.45, 7) is 0. The van der Waals surface area contributed by atoms with E-state index < -0.39 is 5.97 Å². The molecule has 0 fully saturated rings. The summed E-state index contributed by atoms with van der Waals surface area (Å²) in [5.74, 6) is -0.294. The normalized spacial score (nSPS) is 18.1. The summed E-state index contributed by atoms with van der Waals surface area (Å²) in [5, 5.41) is 9.05. The molecule has 2 aromatic heterocycles. The number of aromatic nitrogens is 2. The van der Waals surface area contributed by atoms with Crippen LogP contribution in [0.4, 0.5) is 0 Å². The minimum Gasteiger partial charge on any atom is -0.481 e. The molecule has 98 valence electrons. The van der Waals surface area contributed by atoms with Crippen molar-refractivity contribution in [3.8, 4) is 10.7 Å². The maximum absolute atomic E-state index is 11.0. The quantitative estimate of drug-likeness (QED) is 0.913. The third-order valence-corrected chi connectivity index (χ3v) is 4.91. The van der Waals surface area contributed by atoms with Crippen molar-refractivity contribution in [3.05, 3.63) is 33.4 Å². The molecule has 0 bridgehead atoms. The van der Waals surface area contributed by atoms with E-state index in [4.69, 9.17) is 5.11 Å². The number of carbonyl (C=O) groups is 1. The number of aryl methyl sites for hydroxylation is 1. The number of halogens is 1. The molecule has 0 aromatic carbocycles. The molecule has 1 atom stereocenters. The Labute approximate surface area is 122 Å². The molecule has 1 N–H and O–H groups in total. The van der Waals surface area contributed by atoms with Gasteiger partial charge in [0.2, 0.25) is 0 Å². The van der Waals surface area contributed by atoms with Crippen LogP contribution in [0.5, 0.6) is 0 Å². The summed E-state index contributed by atoms with van der Waals surface area (Å²) in [7, 11) is 0. The number of fused-ring (bicyclic) bond motifs is 1. The highest BCUT2D eigenvalue weighted by atomic mass is 79.9. The molecule has 3 rings (SSSR count). The van der Waals surface area contributed by atoms with Crippen LogP contribution in [0.1, 0.15) is 17.7 Å². The van der Waals surface area contributed by atoms with Crippen molar-refractivity contribution in [1.29, 1.82) is 0 Å². The van der Waals surface area contributed by atoms with Gasteiger partial charge in [0.25, 0.3) is 0 Å². The third kappa shape index (κ3) is 2.55. The average Bonchev–Trinajstić information content (AvgIpc) is 2.84. The second kappa shape index (κ2) is 5.02. The summed E-state index contributed by atoms with van der Waals surface area (Å²) in [6.07, 6.45) is 3.70. The molecule has 4 nitrogen and oxygen atoms in total. The number of hydrogen-bond acceptors (Lipinski definition) is 4. The summed E-state index contributed by atoms with van der Waals surface area (Å²) in [6, 6.07) is 3.96. The minimum atomic E-state index is -0.725. The van der Waals surface area contributed by atoms with Gasteiger partial charge in [-0.3, -0.25) is 4.79 Å². The van der Waals surface area contributed by atoms with Crippen LogP contribution < -0.4 is 0 Å². The fourth-order valence-electron chi connectivity index (χ4n) is 2.27. The van der Waals surface area contributed by atoms with Crippen LogP contribution in [0.2, 0.25) is 0 Å². The van der Waals surface area contributed by atoms with E-state index in [0.29, 0.717) is 19.3 Å². The van der Waals surface area contributed by atoms with E-state index in [1.807, 2.05) is 12.1 Å². The van der Waals surface area contributed by atoms with Gasteiger partial charge in [0.1, 0.15) is 0 Å². The first-order valence-corrected chi connectivity index (χ1v) is 7.58. The molecule has 1 aliphatic rings. The van der Waals surface area contributed by atoms with Crippen molar-refractivity contribution in [3.63, 3.8) is 0 Å². The number of carboxylic acids is 1. The lowest BCUT2D eigenvalue weighted by atomic mass is 9.87. The van der Waals surface area contributed by atoms with Crippen LogP contribution in [-0.4, -0.2) is 21.0 Å². The first-order chi connectivity index (χ1) is 9.13. The monoisotopic (exact) mass is 338 g/mol. The number of hydrogen-bond donors (Lipinski definition) is 1. The topological polar surface area (TPSA) is 63.1 Å². The van der Waals surface area contributed by atoms with Crippen molar-refractivity contribution in [2.45, 2.75) is 19.3 Å². The van der Waals surface area contributed by atoms with E-state index in [-0.39, 0.29) is 5.92 Å². The molecule has 1 unspecified atom stereocenters. The molecule has 6 heteroatoms. The fraction of sp³-hybridized carbons (Fsp3) is 0.308. The molecule has 0 radical (unpaired) electrons. The Morgan fingerprint density at radius 2 is 2.32 bits per heavy atom. The molecule has 0 saturated carbocycles. The highest BCUT2D eigenvalue weighted by Gasteiger charge is 2.25. The van der Waals surface area contributed by atoms with E-state index in [1.165, 1.54) is 0 Å². The largest absolute Gasteiger partial charge is 0.481 e. The first-order valence-electron chi connectivity index (χ1n) is 5.97. The Hall–Kier alpha value is -1.27. The van der Waals surface area contributed by atoms with Crippen LogP contribution >= 0.6 is 27.3 Å². The van der Waals surface area contributed by atoms with Crippen LogP contribution in [0.25, 0.3) is 10.7 Å². The van der Waals surface area contributed by atoms with Crippen LogP contribution in [0, 0.1) is 5.92 Å². The molecule has 19 heavy (non-hydrogen) atoms. The van der Waals surface area contributed by atoms with Gasteiger partial charge in [-0.05, 0) is 52.9 Å². The highest BCUT2D eigenvalue weighted by molar-refractivity contribution is 9.11. The Morgan fingerprint density at radius 1 is 1.47 bits per heavy atom. The molecule has 2 heterocycles. The number of nitrogens with zero attached hydrogens (tertiary/aromatic N) is 2. The summed E-state index contributed by atoms with van der Waals surface area (Å²) < 4.78 is 1.05. The molecule has 2 aromatic rings. The van der Waals surface area contributed by atoms with Crippen molar-refractivity contribution >= 4 is 33.2 Å². The smallest absolute Gasteiger partial charge is 0.306 e. The molecule has 1 aliphatic carbocycles. The summed E-state index contributed by atoms with van der Waals surface area (Å²) in [4.78, 5) is 21.0. The molecule has 0 saturated heterocycles. The number of rotatable bonds is 2. The zero-order chi connectivity index (χ0) is 13.4. The van der Waals surface area contributed by atoms with Gasteiger partial charge >= 0.3 is 5.97 Å². The summed E-state index contributed by atoms with van der Waals surface area (Å²) >= 11 is 5.02. The van der Waals surface area contributed by atoms with E-state index in [9.17, 15) is 4.79 Å². The first kappa shape index (κ1) is 12.7. The lowest BCUT2D eigenvalue weighted by Gasteiger charge is -2.20. The zero-order valence-corrected chi connectivity index (χ0v) is 12.4. The van der Waals surface area contributed by atoms with Gasteiger partial charge in [-0.1, -0.05) is 0 Å². The molecular formula is C13H11BrN2O2S. The SMILES string of the molecule is O=C(O)C1CCc2nc(-c3ccc(Br)s3)ncc2C1. The highest BCUT2D eigenvalue weighted by Crippen LogP contribution is 2.31. The zero-order valence-electron chi connectivity index (χ0n) is 9.97. The standard InChI is InChI=1S/C13H11BrN2O2S/c14-11-4-3-10(19-11)12-15-6-8-5-7(13(17)18)1-2-9(8)16-12/h3-4,6-7H,1-2,5H2,(H,17,18). The van der Waals surface area contributed by atoms with Gasteiger partial charge in [-0.2, -0.15) is 0 Å². The van der Waals surface area contributed by atoms with Crippen molar-refractivity contribution in [2.24, 2.45) is 5.92 Å². The second-order valence-electron chi connectivity index (χ2n) is 4.55. The number of thiophene rings is 1. The average molecular weight is 339 g/mol. The van der Waals surface area contributed by atoms with Gasteiger partial charge in [-0.15, -0.1) is 11.3 Å². The van der Waals surface area contributed by atoms with E-state index in [2.05, 4.69) is 25.9 Å². The Morgan fingerprint density at radius 3 is 3.00 bits per heavy atom. The predicted molar refractivity (Wildman–Crippen MR) is 76.2 cm³/mol. The summed E-state index contributed by atoms with van der Waals surface area (Å²) in [5.41, 5.74) is 1.96. The van der Waals surface area contributed by atoms with E-state index in [0.717, 1.165) is 25.7 Å². The van der Waals surface area contributed by atoms with Crippen LogP contribution in [0.15, 0.2) is 22.1 Å². The maximum atomic E-state index is 11.0. The number of aliphatic carboxylic acids is 1. The third-order valence-electron chi connectivity index (χ3n) is 3.29. The molecule has 0 aliphatic heterocycles. The molecule has 0 amide bonds. The van der Waals surface area contributed by atoms with Crippen molar-refractivity contribution in [2.75, 3.05) is 0 Å². The van der Waals surface area contributed by atoms with Gasteiger partial charge in [0.05, 0.1) is 14.6 Å². The van der Waals surface area contributed by atoms with Crippen LogP contribution in [-0.2, 0) is 17.6 Å². The van der Waals surface area contributed by atoms with Crippen LogP contribution in [0.3, 0.4) is 0 Å². The Bertz CT molecular complexity index is 641. The Balaban J connectivity index is 1.91. The second-order valence-corrected chi connectivity index (χ2v) is 7.01. The van der Waals surface area contributed by atoms with E-state index in [1.54, 1.807) is 17.5 Å². The van der Waals surface area contributed by atoms with Crippen molar-refractivity contribution < 1.29 is 9.90 Å². The van der Waals surface area contributed by atoms with Gasteiger partial charge < -0.3 is 5.11 Å². The fourth-order valence-corrected chi connectivity index (χ4v) is 3.60. The van der Waals surface area contributed by atoms with E-state index >= 15 is 0 Å². The lowest BCUT2D eigenvalue weighted by Crippen LogP contribution is -2.23. The maximum Gasteiger partial charge on any atom is 0.306 e. The Kier molecular flexibility index (Phi) is 3.36. The minimum absolute atomic E-state index is 0.294. The number of carboxylic acid groups (broad SMARTS) is 1. The molecule has 0 spiro atoms. The molecular weight excluding hydrogens is 328 g/mol. The van der Waals surface area contributed by atoms with Gasteiger partial charge in [-0.25, -0.2) is 9.97 Å². The van der Waals surface area contributed by atoms with Gasteiger partial charge in [0.15, 0.2) is 5.82 Å². The van der Waals surface area contributed by atoms with Crippen molar-refractivity contribution in [1.82, 2.24) is 9.97 Å². The lowest BCUT2D eigenvalue weighted by molar-refractivity contribution is -0.142. The predicted octanol–water partition coefficient (Wildman–Crippen LogP) is 3.16.